The Morgan fingerprint density at radius 2 is 1.94 bits per heavy atom. The Morgan fingerprint density at radius 1 is 1.23 bits per heavy atom. The van der Waals surface area contributed by atoms with Gasteiger partial charge in [0, 0.05) is 38.0 Å². The van der Waals surface area contributed by atoms with E-state index in [4.69, 9.17) is 9.47 Å². The number of sulfonamides is 1. The molecule has 1 aliphatic rings. The van der Waals surface area contributed by atoms with Gasteiger partial charge in [-0.05, 0) is 37.8 Å². The number of para-hydroxylation sites is 1. The van der Waals surface area contributed by atoms with E-state index in [2.05, 4.69) is 11.8 Å². The van der Waals surface area contributed by atoms with Crippen LogP contribution in [-0.2, 0) is 19.6 Å². The van der Waals surface area contributed by atoms with Gasteiger partial charge in [0.1, 0.15) is 17.3 Å². The van der Waals surface area contributed by atoms with Gasteiger partial charge in [0.25, 0.3) is 0 Å². The Bertz CT molecular complexity index is 1110. The van der Waals surface area contributed by atoms with Gasteiger partial charge in [-0.1, -0.05) is 38.0 Å². The number of anilines is 2. The highest BCUT2D eigenvalue weighted by Crippen LogP contribution is 2.43. The van der Waals surface area contributed by atoms with Gasteiger partial charge in [-0.3, -0.25) is 0 Å². The summed E-state index contributed by atoms with van der Waals surface area (Å²) in [5, 5.41) is 9.40. The van der Waals surface area contributed by atoms with Crippen molar-refractivity contribution in [3.05, 3.63) is 42.5 Å². The lowest BCUT2D eigenvalue weighted by Crippen LogP contribution is -2.40. The summed E-state index contributed by atoms with van der Waals surface area (Å²) in [5.41, 5.74) is 1.49. The fraction of sp³-hybridized carbons (Fsp3) is 0.480. The minimum absolute atomic E-state index is 0.138. The van der Waals surface area contributed by atoms with Gasteiger partial charge in [0.2, 0.25) is 10.0 Å². The number of carbonyl (C=O) groups is 1. The Hall–Kier alpha value is -2.27. The lowest BCUT2D eigenvalue weighted by Gasteiger charge is -2.29. The van der Waals surface area contributed by atoms with E-state index in [0.29, 0.717) is 18.0 Å². The van der Waals surface area contributed by atoms with Crippen LogP contribution in [-0.4, -0.2) is 69.0 Å². The number of aliphatic carboxylic acids is 1. The fourth-order valence-corrected chi connectivity index (χ4v) is 6.23. The molecule has 0 fully saturated rings. The highest BCUT2D eigenvalue weighted by molar-refractivity contribution is 7.98. The topological polar surface area (TPSA) is 96.4 Å². The van der Waals surface area contributed by atoms with Crippen molar-refractivity contribution in [1.82, 2.24) is 4.31 Å². The Kier molecular flexibility index (Phi) is 9.46. The first-order valence-corrected chi connectivity index (χ1v) is 14.4. The van der Waals surface area contributed by atoms with Crippen LogP contribution in [0, 0.1) is 0 Å². The number of thioether (sulfide) groups is 1. The van der Waals surface area contributed by atoms with Crippen molar-refractivity contribution >= 4 is 39.1 Å². The molecular formula is C25H34N2O6S2. The highest BCUT2D eigenvalue weighted by atomic mass is 32.2. The van der Waals surface area contributed by atoms with Crippen LogP contribution in [0.1, 0.15) is 33.1 Å². The predicted octanol–water partition coefficient (Wildman–Crippen LogP) is 4.61. The van der Waals surface area contributed by atoms with Crippen molar-refractivity contribution in [3.63, 3.8) is 0 Å². The average molecular weight is 523 g/mol. The highest BCUT2D eigenvalue weighted by Gasteiger charge is 2.37. The Labute approximate surface area is 212 Å². The molecule has 1 aliphatic heterocycles. The van der Waals surface area contributed by atoms with Crippen molar-refractivity contribution in [2.24, 2.45) is 0 Å². The Morgan fingerprint density at radius 3 is 2.54 bits per heavy atom. The van der Waals surface area contributed by atoms with Gasteiger partial charge in [-0.25, -0.2) is 13.2 Å². The van der Waals surface area contributed by atoms with Gasteiger partial charge in [-0.2, -0.15) is 4.31 Å². The van der Waals surface area contributed by atoms with Gasteiger partial charge in [0.15, 0.2) is 6.10 Å². The first-order valence-electron chi connectivity index (χ1n) is 11.7. The molecule has 2 unspecified atom stereocenters. The van der Waals surface area contributed by atoms with Crippen LogP contribution in [0.2, 0.25) is 0 Å². The number of carboxylic acid groups (broad SMARTS) is 1. The average Bonchev–Trinajstić information content (AvgIpc) is 2.93. The first-order chi connectivity index (χ1) is 16.7. The number of rotatable bonds is 11. The standard InChI is InChI=1S/C25H34N2O6S2/c1-5-7-11-19-16-27(18-12-9-8-10-13-18)20-14-23(34-4)21(15-24(20)35(30,31)26(19)3)33-17-22(25(28)29)32-6-2/h8-10,12-15,19,22H,5-7,11,16-17H2,1-4H3,(H,28,29). The molecule has 2 aromatic carbocycles. The molecule has 8 nitrogen and oxygen atoms in total. The Balaban J connectivity index is 2.13. The van der Waals surface area contributed by atoms with Gasteiger partial charge >= 0.3 is 5.97 Å². The first kappa shape index (κ1) is 27.3. The number of nitrogens with zero attached hydrogens (tertiary/aromatic N) is 2. The second-order valence-corrected chi connectivity index (χ2v) is 11.1. The maximum Gasteiger partial charge on any atom is 0.336 e. The third kappa shape index (κ3) is 6.11. The van der Waals surface area contributed by atoms with Crippen molar-refractivity contribution in [3.8, 4) is 5.75 Å². The summed E-state index contributed by atoms with van der Waals surface area (Å²) in [6.07, 6.45) is 3.37. The SMILES string of the molecule is CCCCC1CN(c2ccccc2)c2cc(SC)c(OCC(OCC)C(=O)O)cc2S(=O)(=O)N1C. The molecule has 192 valence electrons. The van der Waals surface area contributed by atoms with Crippen LogP contribution >= 0.6 is 11.8 Å². The molecule has 0 saturated heterocycles. The largest absolute Gasteiger partial charge is 0.489 e. The second-order valence-electron chi connectivity index (χ2n) is 8.33. The zero-order valence-electron chi connectivity index (χ0n) is 20.6. The molecule has 2 aromatic rings. The molecule has 10 heteroatoms. The molecule has 0 aromatic heterocycles. The van der Waals surface area contributed by atoms with E-state index in [9.17, 15) is 18.3 Å². The van der Waals surface area contributed by atoms with Crippen molar-refractivity contribution in [2.45, 2.75) is 55.0 Å². The van der Waals surface area contributed by atoms with Crippen LogP contribution in [0.3, 0.4) is 0 Å². The van der Waals surface area contributed by atoms with E-state index in [0.717, 1.165) is 29.8 Å². The van der Waals surface area contributed by atoms with E-state index < -0.39 is 22.1 Å². The number of unbranched alkanes of at least 4 members (excludes halogenated alkanes) is 1. The monoisotopic (exact) mass is 522 g/mol. The lowest BCUT2D eigenvalue weighted by atomic mass is 10.1. The minimum Gasteiger partial charge on any atom is -0.489 e. The smallest absolute Gasteiger partial charge is 0.336 e. The van der Waals surface area contributed by atoms with Crippen LogP contribution < -0.4 is 9.64 Å². The second kappa shape index (κ2) is 12.1. The molecule has 0 saturated carbocycles. The molecule has 1 heterocycles. The van der Waals surface area contributed by atoms with Gasteiger partial charge < -0.3 is 19.5 Å². The number of fused-ring (bicyclic) bond motifs is 1. The number of benzene rings is 2. The number of carboxylic acids is 1. The van der Waals surface area contributed by atoms with Gasteiger partial charge in [0.05, 0.1) is 10.6 Å². The molecule has 1 N–H and O–H groups in total. The van der Waals surface area contributed by atoms with E-state index in [1.807, 2.05) is 42.7 Å². The summed E-state index contributed by atoms with van der Waals surface area (Å²) < 4.78 is 40.1. The zero-order chi connectivity index (χ0) is 25.6. The molecular weight excluding hydrogens is 488 g/mol. The quantitative estimate of drug-likeness (QED) is 0.428. The number of hydrogen-bond acceptors (Lipinski definition) is 7. The fourth-order valence-electron chi connectivity index (χ4n) is 4.12. The van der Waals surface area contributed by atoms with E-state index in [1.54, 1.807) is 14.0 Å². The summed E-state index contributed by atoms with van der Waals surface area (Å²) >= 11 is 1.41. The molecule has 0 spiro atoms. The van der Waals surface area contributed by atoms with Crippen LogP contribution in [0.25, 0.3) is 0 Å². The molecule has 0 radical (unpaired) electrons. The maximum absolute atomic E-state index is 13.8. The van der Waals surface area contributed by atoms with Gasteiger partial charge in [-0.15, -0.1) is 11.8 Å². The van der Waals surface area contributed by atoms with E-state index in [1.165, 1.54) is 22.1 Å². The molecule has 35 heavy (non-hydrogen) atoms. The van der Waals surface area contributed by atoms with Crippen LogP contribution in [0.4, 0.5) is 11.4 Å². The summed E-state index contributed by atoms with van der Waals surface area (Å²) in [7, 11) is -2.20. The number of ether oxygens (including phenoxy) is 2. The summed E-state index contributed by atoms with van der Waals surface area (Å²) in [6, 6.07) is 12.9. The van der Waals surface area contributed by atoms with Crippen molar-refractivity contribution < 1.29 is 27.8 Å². The number of likely N-dealkylation sites (N-methyl/N-ethyl adjacent to an activating group) is 1. The zero-order valence-corrected chi connectivity index (χ0v) is 22.3. The van der Waals surface area contributed by atoms with Crippen LogP contribution in [0.15, 0.2) is 52.3 Å². The summed E-state index contributed by atoms with van der Waals surface area (Å²) in [5.74, 6) is -0.812. The van der Waals surface area contributed by atoms with Crippen molar-refractivity contribution in [2.75, 3.05) is 38.0 Å². The molecule has 0 bridgehead atoms. The third-order valence-electron chi connectivity index (χ3n) is 6.09. The van der Waals surface area contributed by atoms with Crippen LogP contribution in [0.5, 0.6) is 5.75 Å². The minimum atomic E-state index is -3.84. The van der Waals surface area contributed by atoms with E-state index >= 15 is 0 Å². The molecule has 2 atom stereocenters. The van der Waals surface area contributed by atoms with Crippen molar-refractivity contribution in [1.29, 1.82) is 0 Å². The lowest BCUT2D eigenvalue weighted by molar-refractivity contribution is -0.152. The molecule has 3 rings (SSSR count). The number of hydrogen-bond donors (Lipinski definition) is 1. The molecule has 0 amide bonds. The summed E-state index contributed by atoms with van der Waals surface area (Å²) in [6.45, 7) is 4.32. The molecule has 0 aliphatic carbocycles. The predicted molar refractivity (Wildman–Crippen MR) is 138 cm³/mol. The summed E-state index contributed by atoms with van der Waals surface area (Å²) in [4.78, 5) is 14.4. The third-order valence-corrected chi connectivity index (χ3v) is 8.79. The van der Waals surface area contributed by atoms with E-state index in [-0.39, 0.29) is 24.2 Å². The maximum atomic E-state index is 13.8. The normalized spacial score (nSPS) is 18.5.